The van der Waals surface area contributed by atoms with Crippen LogP contribution in [0.4, 0.5) is 0 Å². The summed E-state index contributed by atoms with van der Waals surface area (Å²) in [6.45, 7) is 0.213. The molecule has 0 bridgehead atoms. The van der Waals surface area contributed by atoms with Gasteiger partial charge in [-0.25, -0.2) is 4.98 Å². The third-order valence-electron chi connectivity index (χ3n) is 5.37. The molecule has 0 N–H and O–H groups in total. The normalized spacial score (nSPS) is 16.3. The summed E-state index contributed by atoms with van der Waals surface area (Å²) in [5.74, 6) is 1.27. The van der Waals surface area contributed by atoms with Crippen LogP contribution in [-0.4, -0.2) is 40.2 Å². The van der Waals surface area contributed by atoms with Gasteiger partial charge in [0.2, 0.25) is 12.7 Å². The molecule has 0 unspecified atom stereocenters. The molecular formula is C20H23N3O4. The molecule has 142 valence electrons. The van der Waals surface area contributed by atoms with E-state index >= 15 is 0 Å². The van der Waals surface area contributed by atoms with E-state index in [0.717, 1.165) is 31.2 Å². The van der Waals surface area contributed by atoms with Crippen molar-refractivity contribution in [2.45, 2.75) is 44.7 Å². The summed E-state index contributed by atoms with van der Waals surface area (Å²) in [7, 11) is 1.83. The van der Waals surface area contributed by atoms with E-state index in [-0.39, 0.29) is 30.8 Å². The summed E-state index contributed by atoms with van der Waals surface area (Å²) in [6.07, 6.45) is 7.08. The number of hydrogen-bond donors (Lipinski definition) is 0. The van der Waals surface area contributed by atoms with E-state index in [2.05, 4.69) is 4.98 Å². The highest BCUT2D eigenvalue weighted by Gasteiger charge is 2.22. The summed E-state index contributed by atoms with van der Waals surface area (Å²) < 4.78 is 12.0. The first kappa shape index (κ1) is 17.6. The molecule has 1 amide bonds. The predicted octanol–water partition coefficient (Wildman–Crippen LogP) is 2.43. The molecule has 4 rings (SSSR count). The summed E-state index contributed by atoms with van der Waals surface area (Å²) in [5, 5.41) is 0. The Hall–Kier alpha value is -2.83. The maximum absolute atomic E-state index is 12.6. The fourth-order valence-corrected chi connectivity index (χ4v) is 3.69. The van der Waals surface area contributed by atoms with Gasteiger partial charge < -0.3 is 14.4 Å². The number of amides is 1. The molecule has 0 saturated heterocycles. The van der Waals surface area contributed by atoms with E-state index < -0.39 is 0 Å². The van der Waals surface area contributed by atoms with Crippen LogP contribution in [0.1, 0.15) is 32.1 Å². The molecule has 1 aliphatic carbocycles. The van der Waals surface area contributed by atoms with Gasteiger partial charge in [-0.3, -0.25) is 14.2 Å². The van der Waals surface area contributed by atoms with Crippen LogP contribution in [0.2, 0.25) is 0 Å². The van der Waals surface area contributed by atoms with Gasteiger partial charge in [0.1, 0.15) is 6.54 Å². The summed E-state index contributed by atoms with van der Waals surface area (Å²) in [5.41, 5.74) is 1.07. The van der Waals surface area contributed by atoms with Crippen molar-refractivity contribution in [3.05, 3.63) is 40.9 Å². The lowest BCUT2D eigenvalue weighted by Crippen LogP contribution is -2.41. The maximum atomic E-state index is 12.6. The van der Waals surface area contributed by atoms with Gasteiger partial charge >= 0.3 is 0 Å². The Labute approximate surface area is 157 Å². The molecule has 27 heavy (non-hydrogen) atoms. The van der Waals surface area contributed by atoms with E-state index in [1.165, 1.54) is 23.4 Å². The Balaban J connectivity index is 1.48. The van der Waals surface area contributed by atoms with Gasteiger partial charge in [0, 0.05) is 24.7 Å². The van der Waals surface area contributed by atoms with Gasteiger partial charge in [-0.2, -0.15) is 0 Å². The third kappa shape index (κ3) is 3.67. The second kappa shape index (κ2) is 7.42. The highest BCUT2D eigenvalue weighted by molar-refractivity contribution is 5.76. The van der Waals surface area contributed by atoms with Gasteiger partial charge in [0.15, 0.2) is 11.5 Å². The topological polar surface area (TPSA) is 73.7 Å². The van der Waals surface area contributed by atoms with E-state index in [4.69, 9.17) is 9.47 Å². The van der Waals surface area contributed by atoms with Crippen LogP contribution in [-0.2, 0) is 11.3 Å². The molecule has 1 saturated carbocycles. The number of fused-ring (bicyclic) bond motifs is 1. The van der Waals surface area contributed by atoms with Crippen LogP contribution in [0, 0.1) is 0 Å². The standard InChI is InChI=1S/C20H23N3O4/c1-22(15-5-3-2-4-6-15)20(25)11-23-12-21-16(10-19(23)24)14-7-8-17-18(9-14)27-13-26-17/h7-10,12,15H,2-6,11,13H2,1H3. The fourth-order valence-electron chi connectivity index (χ4n) is 3.69. The lowest BCUT2D eigenvalue weighted by Gasteiger charge is -2.31. The molecule has 0 atom stereocenters. The van der Waals surface area contributed by atoms with Crippen LogP contribution < -0.4 is 15.0 Å². The molecule has 7 heteroatoms. The zero-order valence-corrected chi connectivity index (χ0v) is 15.4. The van der Waals surface area contributed by atoms with E-state index in [9.17, 15) is 9.59 Å². The Morgan fingerprint density at radius 3 is 2.74 bits per heavy atom. The van der Waals surface area contributed by atoms with E-state index in [1.807, 2.05) is 13.1 Å². The second-order valence-corrected chi connectivity index (χ2v) is 7.10. The minimum absolute atomic E-state index is 0.0141. The largest absolute Gasteiger partial charge is 0.454 e. The SMILES string of the molecule is CN(C(=O)Cn1cnc(-c2ccc3c(c2)OCO3)cc1=O)C1CCCCC1. The number of carbonyl (C=O) groups excluding carboxylic acids is 1. The highest BCUT2D eigenvalue weighted by atomic mass is 16.7. The minimum Gasteiger partial charge on any atom is -0.454 e. The van der Waals surface area contributed by atoms with E-state index in [0.29, 0.717) is 17.2 Å². The van der Waals surface area contributed by atoms with Crippen LogP contribution in [0.3, 0.4) is 0 Å². The Morgan fingerprint density at radius 2 is 1.96 bits per heavy atom. The van der Waals surface area contributed by atoms with Crippen molar-refractivity contribution in [1.82, 2.24) is 14.5 Å². The molecule has 2 heterocycles. The van der Waals surface area contributed by atoms with Crippen molar-refractivity contribution < 1.29 is 14.3 Å². The molecule has 1 aromatic carbocycles. The lowest BCUT2D eigenvalue weighted by atomic mass is 9.94. The average molecular weight is 369 g/mol. The number of aromatic nitrogens is 2. The van der Waals surface area contributed by atoms with Crippen molar-refractivity contribution in [1.29, 1.82) is 0 Å². The average Bonchev–Trinajstić information content (AvgIpc) is 3.17. The fraction of sp³-hybridized carbons (Fsp3) is 0.450. The molecule has 1 fully saturated rings. The molecule has 1 aliphatic heterocycles. The van der Waals surface area contributed by atoms with E-state index in [1.54, 1.807) is 17.0 Å². The second-order valence-electron chi connectivity index (χ2n) is 7.10. The zero-order valence-electron chi connectivity index (χ0n) is 15.4. The van der Waals surface area contributed by atoms with Crippen molar-refractivity contribution >= 4 is 5.91 Å². The Morgan fingerprint density at radius 1 is 1.19 bits per heavy atom. The van der Waals surface area contributed by atoms with Crippen LogP contribution in [0.15, 0.2) is 35.4 Å². The quantitative estimate of drug-likeness (QED) is 0.828. The van der Waals surface area contributed by atoms with Gasteiger partial charge in [-0.05, 0) is 31.0 Å². The summed E-state index contributed by atoms with van der Waals surface area (Å²) >= 11 is 0. The van der Waals surface area contributed by atoms with Crippen LogP contribution >= 0.6 is 0 Å². The number of benzene rings is 1. The van der Waals surface area contributed by atoms with Gasteiger partial charge in [0.05, 0.1) is 12.0 Å². The Kier molecular flexibility index (Phi) is 4.83. The number of hydrogen-bond acceptors (Lipinski definition) is 5. The number of ether oxygens (including phenoxy) is 2. The molecular weight excluding hydrogens is 346 g/mol. The van der Waals surface area contributed by atoms with Crippen molar-refractivity contribution in [2.24, 2.45) is 0 Å². The maximum Gasteiger partial charge on any atom is 0.254 e. The first-order valence-electron chi connectivity index (χ1n) is 9.34. The van der Waals surface area contributed by atoms with Crippen molar-refractivity contribution in [2.75, 3.05) is 13.8 Å². The van der Waals surface area contributed by atoms with Gasteiger partial charge in [-0.15, -0.1) is 0 Å². The highest BCUT2D eigenvalue weighted by Crippen LogP contribution is 2.35. The molecule has 0 spiro atoms. The number of likely N-dealkylation sites (N-methyl/N-ethyl adjacent to an activating group) is 1. The minimum atomic E-state index is -0.247. The smallest absolute Gasteiger partial charge is 0.254 e. The van der Waals surface area contributed by atoms with Crippen LogP contribution in [0.25, 0.3) is 11.3 Å². The number of nitrogens with zero attached hydrogens (tertiary/aromatic N) is 3. The molecule has 0 radical (unpaired) electrons. The van der Waals surface area contributed by atoms with Crippen molar-refractivity contribution in [3.8, 4) is 22.8 Å². The predicted molar refractivity (Wildman–Crippen MR) is 99.7 cm³/mol. The van der Waals surface area contributed by atoms with Gasteiger partial charge in [0.25, 0.3) is 5.56 Å². The first-order valence-corrected chi connectivity index (χ1v) is 9.34. The van der Waals surface area contributed by atoms with Crippen molar-refractivity contribution in [3.63, 3.8) is 0 Å². The molecule has 1 aromatic heterocycles. The Bertz CT molecular complexity index is 902. The number of rotatable bonds is 4. The van der Waals surface area contributed by atoms with Gasteiger partial charge in [-0.1, -0.05) is 19.3 Å². The first-order chi connectivity index (χ1) is 13.1. The molecule has 7 nitrogen and oxygen atoms in total. The monoisotopic (exact) mass is 369 g/mol. The van der Waals surface area contributed by atoms with Crippen LogP contribution in [0.5, 0.6) is 11.5 Å². The third-order valence-corrected chi connectivity index (χ3v) is 5.37. The summed E-state index contributed by atoms with van der Waals surface area (Å²) in [6, 6.07) is 7.17. The number of carbonyl (C=O) groups is 1. The molecule has 2 aromatic rings. The zero-order chi connectivity index (χ0) is 18.8. The lowest BCUT2D eigenvalue weighted by molar-refractivity contribution is -0.133. The summed E-state index contributed by atoms with van der Waals surface area (Å²) in [4.78, 5) is 31.2. The molecule has 2 aliphatic rings.